The third-order valence-corrected chi connectivity index (χ3v) is 3.76. The SMILES string of the molecule is CC1=CCC2C(C1=O)C2C(C)Br. The molecule has 0 aromatic carbocycles. The molecule has 0 saturated heterocycles. The van der Waals surface area contributed by atoms with Crippen LogP contribution < -0.4 is 0 Å². The summed E-state index contributed by atoms with van der Waals surface area (Å²) in [5, 5.41) is 0. The van der Waals surface area contributed by atoms with E-state index in [4.69, 9.17) is 0 Å². The highest BCUT2D eigenvalue weighted by molar-refractivity contribution is 9.09. The highest BCUT2D eigenvalue weighted by Crippen LogP contribution is 2.56. The van der Waals surface area contributed by atoms with Gasteiger partial charge in [-0.05, 0) is 30.8 Å². The molecule has 0 spiro atoms. The van der Waals surface area contributed by atoms with Crippen LogP contribution in [0, 0.1) is 17.8 Å². The zero-order valence-corrected chi connectivity index (χ0v) is 8.97. The predicted molar refractivity (Wildman–Crippen MR) is 52.2 cm³/mol. The Kier molecular flexibility index (Phi) is 1.90. The van der Waals surface area contributed by atoms with Gasteiger partial charge in [-0.15, -0.1) is 0 Å². The number of hydrogen-bond acceptors (Lipinski definition) is 1. The Morgan fingerprint density at radius 2 is 2.33 bits per heavy atom. The van der Waals surface area contributed by atoms with Gasteiger partial charge in [-0.25, -0.2) is 0 Å². The minimum Gasteiger partial charge on any atom is -0.294 e. The highest BCUT2D eigenvalue weighted by Gasteiger charge is 2.56. The van der Waals surface area contributed by atoms with Crippen molar-refractivity contribution >= 4 is 21.7 Å². The van der Waals surface area contributed by atoms with Crippen molar-refractivity contribution in [1.29, 1.82) is 0 Å². The second-order valence-electron chi connectivity index (χ2n) is 3.93. The largest absolute Gasteiger partial charge is 0.294 e. The average Bonchev–Trinajstić information content (AvgIpc) is 2.71. The molecule has 4 atom stereocenters. The first kappa shape index (κ1) is 8.49. The van der Waals surface area contributed by atoms with Crippen LogP contribution in [0.4, 0.5) is 0 Å². The maximum atomic E-state index is 11.6. The fourth-order valence-electron chi connectivity index (χ4n) is 2.38. The number of carbonyl (C=O) groups excluding carboxylic acids is 1. The normalized spacial score (nSPS) is 41.8. The number of hydrogen-bond donors (Lipinski definition) is 0. The van der Waals surface area contributed by atoms with Crippen molar-refractivity contribution in [2.45, 2.75) is 25.1 Å². The van der Waals surface area contributed by atoms with Gasteiger partial charge in [0.2, 0.25) is 0 Å². The van der Waals surface area contributed by atoms with Crippen LogP contribution in [0.3, 0.4) is 0 Å². The van der Waals surface area contributed by atoms with E-state index >= 15 is 0 Å². The van der Waals surface area contributed by atoms with Crippen LogP contribution in [-0.4, -0.2) is 10.6 Å². The molecule has 0 heterocycles. The van der Waals surface area contributed by atoms with Crippen LogP contribution in [-0.2, 0) is 4.79 Å². The summed E-state index contributed by atoms with van der Waals surface area (Å²) in [5.41, 5.74) is 0.979. The smallest absolute Gasteiger partial charge is 0.161 e. The first-order valence-corrected chi connectivity index (χ1v) is 5.39. The Hall–Kier alpha value is -0.110. The van der Waals surface area contributed by atoms with Gasteiger partial charge in [-0.3, -0.25) is 4.79 Å². The number of halogens is 1. The summed E-state index contributed by atoms with van der Waals surface area (Å²) in [5.74, 6) is 1.99. The number of alkyl halides is 1. The minimum absolute atomic E-state index is 0.351. The Bertz CT molecular complexity index is 255. The molecule has 12 heavy (non-hydrogen) atoms. The second kappa shape index (κ2) is 2.69. The van der Waals surface area contributed by atoms with Crippen molar-refractivity contribution in [1.82, 2.24) is 0 Å². The van der Waals surface area contributed by atoms with Crippen molar-refractivity contribution in [3.05, 3.63) is 11.6 Å². The van der Waals surface area contributed by atoms with Gasteiger partial charge in [0, 0.05) is 10.7 Å². The van der Waals surface area contributed by atoms with Gasteiger partial charge in [0.05, 0.1) is 0 Å². The molecule has 2 heteroatoms. The molecule has 66 valence electrons. The maximum Gasteiger partial charge on any atom is 0.161 e. The van der Waals surface area contributed by atoms with Crippen LogP contribution >= 0.6 is 15.9 Å². The van der Waals surface area contributed by atoms with Crippen molar-refractivity contribution in [2.24, 2.45) is 17.8 Å². The van der Waals surface area contributed by atoms with E-state index < -0.39 is 0 Å². The van der Waals surface area contributed by atoms with E-state index in [1.54, 1.807) is 0 Å². The van der Waals surface area contributed by atoms with Gasteiger partial charge in [-0.1, -0.05) is 28.9 Å². The number of ketones is 1. The monoisotopic (exact) mass is 228 g/mol. The fourth-order valence-corrected chi connectivity index (χ4v) is 3.10. The molecule has 1 fully saturated rings. The molecule has 0 aromatic rings. The lowest BCUT2D eigenvalue weighted by Crippen LogP contribution is -2.09. The fraction of sp³-hybridized carbons (Fsp3) is 0.700. The molecule has 0 radical (unpaired) electrons. The molecule has 2 rings (SSSR count). The average molecular weight is 229 g/mol. The molecule has 0 aliphatic heterocycles. The lowest BCUT2D eigenvalue weighted by atomic mass is 10.00. The lowest BCUT2D eigenvalue weighted by Gasteiger charge is -2.04. The van der Waals surface area contributed by atoms with E-state index in [1.807, 2.05) is 6.92 Å². The van der Waals surface area contributed by atoms with Gasteiger partial charge in [0.15, 0.2) is 5.78 Å². The molecule has 0 aromatic heterocycles. The third-order valence-electron chi connectivity index (χ3n) is 3.15. The molecule has 2 aliphatic rings. The molecule has 2 aliphatic carbocycles. The molecule has 0 amide bonds. The number of Topliss-reactive ketones (excluding diaryl/α,β-unsaturated/α-hetero) is 1. The van der Waals surface area contributed by atoms with Gasteiger partial charge < -0.3 is 0 Å². The molecule has 1 nitrogen and oxygen atoms in total. The van der Waals surface area contributed by atoms with Gasteiger partial charge in [0.1, 0.15) is 0 Å². The Labute approximate surface area is 81.4 Å². The Morgan fingerprint density at radius 1 is 1.67 bits per heavy atom. The van der Waals surface area contributed by atoms with Gasteiger partial charge >= 0.3 is 0 Å². The number of carbonyl (C=O) groups is 1. The van der Waals surface area contributed by atoms with Gasteiger partial charge in [0.25, 0.3) is 0 Å². The van der Waals surface area contributed by atoms with E-state index in [2.05, 4.69) is 28.9 Å². The van der Waals surface area contributed by atoms with Crippen molar-refractivity contribution in [2.75, 3.05) is 0 Å². The number of rotatable bonds is 1. The molecule has 4 unspecified atom stereocenters. The zero-order valence-electron chi connectivity index (χ0n) is 7.38. The van der Waals surface area contributed by atoms with Crippen LogP contribution in [0.2, 0.25) is 0 Å². The Morgan fingerprint density at radius 3 is 2.92 bits per heavy atom. The number of allylic oxidation sites excluding steroid dienone is 2. The second-order valence-corrected chi connectivity index (χ2v) is 5.38. The van der Waals surface area contributed by atoms with E-state index in [9.17, 15) is 4.79 Å². The van der Waals surface area contributed by atoms with E-state index in [0.717, 1.165) is 12.0 Å². The summed E-state index contributed by atoms with van der Waals surface area (Å²) in [6, 6.07) is 0. The van der Waals surface area contributed by atoms with Crippen molar-refractivity contribution < 1.29 is 4.79 Å². The Balaban J connectivity index is 2.14. The first-order chi connectivity index (χ1) is 5.63. The minimum atomic E-state index is 0.351. The van der Waals surface area contributed by atoms with E-state index in [1.165, 1.54) is 0 Å². The van der Waals surface area contributed by atoms with Crippen LogP contribution in [0.25, 0.3) is 0 Å². The topological polar surface area (TPSA) is 17.1 Å². The first-order valence-electron chi connectivity index (χ1n) is 4.48. The molecule has 1 saturated carbocycles. The van der Waals surface area contributed by atoms with E-state index in [0.29, 0.717) is 28.4 Å². The summed E-state index contributed by atoms with van der Waals surface area (Å²) in [7, 11) is 0. The van der Waals surface area contributed by atoms with Crippen molar-refractivity contribution in [3.63, 3.8) is 0 Å². The predicted octanol–water partition coefficient (Wildman–Crippen LogP) is 2.55. The molecular weight excluding hydrogens is 216 g/mol. The quantitative estimate of drug-likeness (QED) is 0.631. The molecular formula is C10H13BrO. The van der Waals surface area contributed by atoms with Gasteiger partial charge in [-0.2, -0.15) is 0 Å². The van der Waals surface area contributed by atoms with Crippen LogP contribution in [0.15, 0.2) is 11.6 Å². The number of fused-ring (bicyclic) bond motifs is 1. The summed E-state index contributed by atoms with van der Waals surface area (Å²) < 4.78 is 0. The standard InChI is InChI=1S/C10H13BrO/c1-5-3-4-7-8(6(2)11)9(7)10(5)12/h3,6-9H,4H2,1-2H3. The molecule has 0 bridgehead atoms. The van der Waals surface area contributed by atoms with Crippen LogP contribution in [0.5, 0.6) is 0 Å². The molecule has 0 N–H and O–H groups in total. The van der Waals surface area contributed by atoms with E-state index in [-0.39, 0.29) is 0 Å². The summed E-state index contributed by atoms with van der Waals surface area (Å²) in [6.45, 7) is 4.08. The van der Waals surface area contributed by atoms with Crippen LogP contribution in [0.1, 0.15) is 20.3 Å². The maximum absolute atomic E-state index is 11.6. The summed E-state index contributed by atoms with van der Waals surface area (Å²) in [4.78, 5) is 12.1. The lowest BCUT2D eigenvalue weighted by molar-refractivity contribution is -0.117. The third kappa shape index (κ3) is 1.08. The van der Waals surface area contributed by atoms with Crippen molar-refractivity contribution in [3.8, 4) is 0 Å². The zero-order chi connectivity index (χ0) is 8.88. The summed E-state index contributed by atoms with van der Waals surface area (Å²) >= 11 is 3.56. The summed E-state index contributed by atoms with van der Waals surface area (Å²) in [6.07, 6.45) is 3.21. The highest BCUT2D eigenvalue weighted by atomic mass is 79.9.